The molecular formula is C24H26N2O2. The van der Waals surface area contributed by atoms with Gasteiger partial charge in [0.25, 0.3) is 0 Å². The molecule has 2 atom stereocenters. The maximum absolute atomic E-state index is 12.3. The number of aromatic nitrogens is 1. The van der Waals surface area contributed by atoms with Crippen molar-refractivity contribution in [3.05, 3.63) is 71.4 Å². The average molecular weight is 374 g/mol. The van der Waals surface area contributed by atoms with E-state index in [1.165, 1.54) is 27.7 Å². The van der Waals surface area contributed by atoms with Gasteiger partial charge in [0.1, 0.15) is 0 Å². The highest BCUT2D eigenvalue weighted by Crippen LogP contribution is 2.53. The molecule has 1 aliphatic carbocycles. The van der Waals surface area contributed by atoms with Crippen LogP contribution in [0.2, 0.25) is 0 Å². The molecule has 1 aromatic heterocycles. The van der Waals surface area contributed by atoms with E-state index >= 15 is 0 Å². The van der Waals surface area contributed by atoms with E-state index in [9.17, 15) is 9.90 Å². The normalized spacial score (nSPS) is 23.9. The fourth-order valence-electron chi connectivity index (χ4n) is 5.45. The van der Waals surface area contributed by atoms with Gasteiger partial charge in [0, 0.05) is 41.7 Å². The predicted molar refractivity (Wildman–Crippen MR) is 110 cm³/mol. The van der Waals surface area contributed by atoms with Gasteiger partial charge < -0.3 is 15.0 Å². The lowest BCUT2D eigenvalue weighted by atomic mass is 9.63. The number of nitrogens with one attached hydrogen (secondary N) is 1. The summed E-state index contributed by atoms with van der Waals surface area (Å²) < 4.78 is 2.43. The Morgan fingerprint density at radius 3 is 2.61 bits per heavy atom. The summed E-state index contributed by atoms with van der Waals surface area (Å²) in [5.74, 6) is 0.131. The minimum atomic E-state index is -0.0304. The van der Waals surface area contributed by atoms with Crippen molar-refractivity contribution in [1.82, 2.24) is 9.88 Å². The molecule has 2 N–H and O–H groups in total. The van der Waals surface area contributed by atoms with Crippen molar-refractivity contribution in [1.29, 1.82) is 0 Å². The minimum Gasteiger partial charge on any atom is -0.396 e. The first-order valence-corrected chi connectivity index (χ1v) is 10.3. The Morgan fingerprint density at radius 1 is 1.04 bits per heavy atom. The van der Waals surface area contributed by atoms with Gasteiger partial charge in [-0.25, -0.2) is 0 Å². The first kappa shape index (κ1) is 17.5. The molecule has 1 saturated heterocycles. The van der Waals surface area contributed by atoms with Gasteiger partial charge in [0.05, 0.1) is 6.04 Å². The fraction of sp³-hybridized carbons (Fsp3) is 0.375. The molecule has 2 heterocycles. The summed E-state index contributed by atoms with van der Waals surface area (Å²) in [6, 6.07) is 19.1. The second-order valence-corrected chi connectivity index (χ2v) is 8.29. The van der Waals surface area contributed by atoms with Gasteiger partial charge in [0.15, 0.2) is 0 Å². The first-order chi connectivity index (χ1) is 13.7. The molecule has 4 nitrogen and oxygen atoms in total. The van der Waals surface area contributed by atoms with Crippen LogP contribution in [0.3, 0.4) is 0 Å². The van der Waals surface area contributed by atoms with Crippen LogP contribution >= 0.6 is 0 Å². The highest BCUT2D eigenvalue weighted by molar-refractivity contribution is 5.88. The average Bonchev–Trinajstić information content (AvgIpc) is 3.04. The molecule has 2 aromatic carbocycles. The molecule has 1 fully saturated rings. The van der Waals surface area contributed by atoms with Crippen LogP contribution in [0.1, 0.15) is 48.5 Å². The maximum atomic E-state index is 12.3. The summed E-state index contributed by atoms with van der Waals surface area (Å²) in [5.41, 5.74) is 5.10. The largest absolute Gasteiger partial charge is 0.396 e. The number of hydrogen-bond acceptors (Lipinski definition) is 2. The van der Waals surface area contributed by atoms with E-state index < -0.39 is 0 Å². The second kappa shape index (κ2) is 6.78. The monoisotopic (exact) mass is 374 g/mol. The predicted octanol–water partition coefficient (Wildman–Crippen LogP) is 3.96. The van der Waals surface area contributed by atoms with E-state index in [-0.39, 0.29) is 24.0 Å². The second-order valence-electron chi connectivity index (χ2n) is 8.29. The van der Waals surface area contributed by atoms with E-state index in [2.05, 4.69) is 58.4 Å². The van der Waals surface area contributed by atoms with E-state index in [0.29, 0.717) is 6.42 Å². The van der Waals surface area contributed by atoms with Crippen LogP contribution in [-0.4, -0.2) is 22.2 Å². The molecule has 0 saturated carbocycles. The quantitative estimate of drug-likeness (QED) is 0.726. The Hall–Kier alpha value is -2.59. The Kier molecular flexibility index (Phi) is 4.24. The molecule has 28 heavy (non-hydrogen) atoms. The van der Waals surface area contributed by atoms with E-state index in [0.717, 1.165) is 32.2 Å². The maximum Gasteiger partial charge on any atom is 0.220 e. The number of fused-ring (bicyclic) bond motifs is 5. The third kappa shape index (κ3) is 2.67. The van der Waals surface area contributed by atoms with Crippen LogP contribution in [0.5, 0.6) is 0 Å². The summed E-state index contributed by atoms with van der Waals surface area (Å²) in [6.07, 6.45) is 4.17. The molecule has 4 heteroatoms. The van der Waals surface area contributed by atoms with E-state index in [1.807, 2.05) is 6.07 Å². The number of rotatable bonds is 4. The van der Waals surface area contributed by atoms with Gasteiger partial charge >= 0.3 is 0 Å². The number of aliphatic hydroxyl groups excluding tert-OH is 1. The van der Waals surface area contributed by atoms with Crippen molar-refractivity contribution >= 4 is 16.8 Å². The Labute approximate surface area is 165 Å². The van der Waals surface area contributed by atoms with E-state index in [4.69, 9.17) is 0 Å². The number of nitrogens with zero attached hydrogens (tertiary/aromatic N) is 1. The molecule has 0 unspecified atom stereocenters. The molecule has 0 bridgehead atoms. The van der Waals surface area contributed by atoms with Crippen LogP contribution in [0.25, 0.3) is 10.9 Å². The summed E-state index contributed by atoms with van der Waals surface area (Å²) in [6.45, 7) is 1.01. The number of amides is 1. The zero-order valence-corrected chi connectivity index (χ0v) is 16.0. The van der Waals surface area contributed by atoms with Crippen LogP contribution in [0.15, 0.2) is 54.6 Å². The van der Waals surface area contributed by atoms with Crippen molar-refractivity contribution in [3.8, 4) is 0 Å². The van der Waals surface area contributed by atoms with Gasteiger partial charge in [-0.2, -0.15) is 0 Å². The standard InChI is InChI=1S/C24H26N2O2/c27-15-14-24-12-10-20-22(23(24)25-21(28)11-13-24)18-8-4-5-9-19(18)26(20)16-17-6-2-1-3-7-17/h1-9,23,27H,10-16H2,(H,25,28)/t23-,24-/m1/s1. The van der Waals surface area contributed by atoms with Crippen molar-refractivity contribution in [2.75, 3.05) is 6.61 Å². The fourth-order valence-corrected chi connectivity index (χ4v) is 5.45. The van der Waals surface area contributed by atoms with Crippen molar-refractivity contribution < 1.29 is 9.90 Å². The van der Waals surface area contributed by atoms with E-state index in [1.54, 1.807) is 0 Å². The molecule has 0 spiro atoms. The van der Waals surface area contributed by atoms with Crippen molar-refractivity contribution in [2.24, 2.45) is 5.41 Å². The highest BCUT2D eigenvalue weighted by Gasteiger charge is 2.48. The number of piperidine rings is 1. The first-order valence-electron chi connectivity index (χ1n) is 10.3. The zero-order chi connectivity index (χ0) is 19.1. The Morgan fingerprint density at radius 2 is 1.79 bits per heavy atom. The topological polar surface area (TPSA) is 54.3 Å². The lowest BCUT2D eigenvalue weighted by Crippen LogP contribution is -2.49. The molecule has 3 aromatic rings. The summed E-state index contributed by atoms with van der Waals surface area (Å²) in [4.78, 5) is 12.3. The molecule has 1 aliphatic heterocycles. The number of benzene rings is 2. The van der Waals surface area contributed by atoms with Crippen LogP contribution < -0.4 is 5.32 Å². The summed E-state index contributed by atoms with van der Waals surface area (Å²) in [7, 11) is 0. The van der Waals surface area contributed by atoms with Crippen LogP contribution in [0, 0.1) is 5.41 Å². The molecule has 144 valence electrons. The number of carbonyl (C=O) groups is 1. The Bertz CT molecular complexity index is 1020. The zero-order valence-electron chi connectivity index (χ0n) is 16.0. The lowest BCUT2D eigenvalue weighted by Gasteiger charge is -2.47. The number of aliphatic hydroxyl groups is 1. The van der Waals surface area contributed by atoms with Gasteiger partial charge in [-0.15, -0.1) is 0 Å². The third-order valence-corrected chi connectivity index (χ3v) is 6.83. The molecule has 2 aliphatic rings. The van der Waals surface area contributed by atoms with Crippen molar-refractivity contribution in [3.63, 3.8) is 0 Å². The smallest absolute Gasteiger partial charge is 0.220 e. The molecule has 5 rings (SSSR count). The molecule has 1 amide bonds. The van der Waals surface area contributed by atoms with Crippen molar-refractivity contribution in [2.45, 2.75) is 44.7 Å². The molecular weight excluding hydrogens is 348 g/mol. The lowest BCUT2D eigenvalue weighted by molar-refractivity contribution is -0.127. The minimum absolute atomic E-state index is 0.00780. The Balaban J connectivity index is 1.69. The van der Waals surface area contributed by atoms with Gasteiger partial charge in [0.2, 0.25) is 5.91 Å². The molecule has 0 radical (unpaired) electrons. The van der Waals surface area contributed by atoms with Gasteiger partial charge in [-0.1, -0.05) is 48.5 Å². The van der Waals surface area contributed by atoms with Crippen LogP contribution in [0.4, 0.5) is 0 Å². The highest BCUT2D eigenvalue weighted by atomic mass is 16.3. The third-order valence-electron chi connectivity index (χ3n) is 6.83. The summed E-state index contributed by atoms with van der Waals surface area (Å²) >= 11 is 0. The van der Waals surface area contributed by atoms with Crippen LogP contribution in [-0.2, 0) is 17.8 Å². The van der Waals surface area contributed by atoms with Gasteiger partial charge in [-0.05, 0) is 42.7 Å². The number of carbonyl (C=O) groups excluding carboxylic acids is 1. The summed E-state index contributed by atoms with van der Waals surface area (Å²) in [5, 5.41) is 14.3. The number of para-hydroxylation sites is 1. The SMILES string of the molecule is O=C1CC[C@@]2(CCO)CCc3c(c4ccccc4n3Cc3ccccc3)[C@H]2N1. The van der Waals surface area contributed by atoms with Gasteiger partial charge in [-0.3, -0.25) is 4.79 Å². The number of hydrogen-bond donors (Lipinski definition) is 2.